The number of ether oxygens (including phenoxy) is 1. The lowest BCUT2D eigenvalue weighted by Gasteiger charge is -2.22. The van der Waals surface area contributed by atoms with Crippen LogP contribution >= 0.6 is 0 Å². The highest BCUT2D eigenvalue weighted by atomic mass is 16.5. The molecule has 0 spiro atoms. The Labute approximate surface area is 114 Å². The van der Waals surface area contributed by atoms with Gasteiger partial charge in [-0.25, -0.2) is 0 Å². The third kappa shape index (κ3) is 4.91. The van der Waals surface area contributed by atoms with E-state index in [1.165, 1.54) is 5.56 Å². The number of benzene rings is 1. The fourth-order valence-electron chi connectivity index (χ4n) is 2.13. The normalized spacial score (nSPS) is 13.9. The van der Waals surface area contributed by atoms with Gasteiger partial charge in [-0.3, -0.25) is 4.79 Å². The van der Waals surface area contributed by atoms with E-state index in [9.17, 15) is 4.79 Å². The number of rotatable bonds is 7. The molecule has 2 atom stereocenters. The number of methoxy groups -OCH3 is 1. The second kappa shape index (κ2) is 7.14. The maximum Gasteiger partial charge on any atom is 0.303 e. The lowest BCUT2D eigenvalue weighted by Crippen LogP contribution is -2.29. The van der Waals surface area contributed by atoms with Gasteiger partial charge >= 0.3 is 5.97 Å². The second-order valence-electron chi connectivity index (χ2n) is 4.97. The molecule has 1 aromatic rings. The lowest BCUT2D eigenvalue weighted by molar-refractivity contribution is -0.137. The average molecular weight is 265 g/mol. The highest BCUT2D eigenvalue weighted by molar-refractivity contribution is 5.66. The van der Waals surface area contributed by atoms with Crippen LogP contribution in [0.25, 0.3) is 0 Å². The highest BCUT2D eigenvalue weighted by Gasteiger charge is 2.14. The van der Waals surface area contributed by atoms with Gasteiger partial charge in [-0.2, -0.15) is 0 Å². The maximum atomic E-state index is 10.6. The Bertz CT molecular complexity index is 431. The molecule has 0 aliphatic rings. The number of aliphatic carboxylic acids is 1. The van der Waals surface area contributed by atoms with Crippen LogP contribution in [0.2, 0.25) is 0 Å². The number of carboxylic acid groups (broad SMARTS) is 1. The van der Waals surface area contributed by atoms with Crippen LogP contribution in [0.5, 0.6) is 5.75 Å². The molecule has 4 heteroatoms. The smallest absolute Gasteiger partial charge is 0.303 e. The summed E-state index contributed by atoms with van der Waals surface area (Å²) in [6.45, 7) is 6.11. The molecule has 106 valence electrons. The van der Waals surface area contributed by atoms with Gasteiger partial charge in [-0.05, 0) is 33.3 Å². The first kappa shape index (κ1) is 15.5. The molecular weight excluding hydrogens is 242 g/mol. The van der Waals surface area contributed by atoms with Crippen molar-refractivity contribution in [3.05, 3.63) is 29.3 Å². The molecule has 2 unspecified atom stereocenters. The van der Waals surface area contributed by atoms with Crippen molar-refractivity contribution in [2.24, 2.45) is 0 Å². The highest BCUT2D eigenvalue weighted by Crippen LogP contribution is 2.26. The van der Waals surface area contributed by atoms with Gasteiger partial charge < -0.3 is 15.2 Å². The molecular formula is C15H23NO3. The Morgan fingerprint density at radius 2 is 2.11 bits per heavy atom. The van der Waals surface area contributed by atoms with Crippen molar-refractivity contribution in [1.29, 1.82) is 0 Å². The summed E-state index contributed by atoms with van der Waals surface area (Å²) in [4.78, 5) is 10.6. The SMILES string of the molecule is COc1ccc(C)cc1C(C)NC(C)CCC(=O)O. The van der Waals surface area contributed by atoms with Gasteiger partial charge in [0.25, 0.3) is 0 Å². The van der Waals surface area contributed by atoms with Gasteiger partial charge in [-0.1, -0.05) is 17.7 Å². The van der Waals surface area contributed by atoms with E-state index < -0.39 is 5.97 Å². The molecule has 19 heavy (non-hydrogen) atoms. The predicted molar refractivity (Wildman–Crippen MR) is 75.6 cm³/mol. The topological polar surface area (TPSA) is 58.6 Å². The van der Waals surface area contributed by atoms with Gasteiger partial charge in [0.05, 0.1) is 7.11 Å². The number of aryl methyl sites for hydroxylation is 1. The van der Waals surface area contributed by atoms with Gasteiger partial charge in [0, 0.05) is 24.1 Å². The molecule has 1 aromatic carbocycles. The van der Waals surface area contributed by atoms with Crippen molar-refractivity contribution in [2.45, 2.75) is 45.7 Å². The molecule has 0 fully saturated rings. The lowest BCUT2D eigenvalue weighted by atomic mass is 10.0. The monoisotopic (exact) mass is 265 g/mol. The zero-order valence-corrected chi connectivity index (χ0v) is 12.1. The van der Waals surface area contributed by atoms with Crippen LogP contribution in [-0.4, -0.2) is 24.2 Å². The Morgan fingerprint density at radius 1 is 1.42 bits per heavy atom. The van der Waals surface area contributed by atoms with E-state index in [0.29, 0.717) is 6.42 Å². The molecule has 0 saturated carbocycles. The summed E-state index contributed by atoms with van der Waals surface area (Å²) in [5.74, 6) is 0.102. The quantitative estimate of drug-likeness (QED) is 0.796. The molecule has 0 aromatic heterocycles. The van der Waals surface area contributed by atoms with E-state index in [2.05, 4.69) is 18.3 Å². The molecule has 0 heterocycles. The van der Waals surface area contributed by atoms with Crippen molar-refractivity contribution >= 4 is 5.97 Å². The zero-order valence-electron chi connectivity index (χ0n) is 12.1. The minimum absolute atomic E-state index is 0.124. The van der Waals surface area contributed by atoms with E-state index >= 15 is 0 Å². The summed E-state index contributed by atoms with van der Waals surface area (Å²) in [6.07, 6.45) is 0.805. The first-order valence-electron chi connectivity index (χ1n) is 6.56. The van der Waals surface area contributed by atoms with E-state index in [-0.39, 0.29) is 18.5 Å². The molecule has 0 radical (unpaired) electrons. The molecule has 1 rings (SSSR count). The Kier molecular flexibility index (Phi) is 5.83. The summed E-state index contributed by atoms with van der Waals surface area (Å²) in [5, 5.41) is 12.1. The van der Waals surface area contributed by atoms with Crippen LogP contribution in [0.4, 0.5) is 0 Å². The van der Waals surface area contributed by atoms with E-state index in [1.807, 2.05) is 26.0 Å². The van der Waals surface area contributed by atoms with Crippen LogP contribution in [-0.2, 0) is 4.79 Å². The number of carboxylic acids is 1. The number of carbonyl (C=O) groups is 1. The predicted octanol–water partition coefficient (Wildman–Crippen LogP) is 2.91. The van der Waals surface area contributed by atoms with Gasteiger partial charge in [0.2, 0.25) is 0 Å². The third-order valence-corrected chi connectivity index (χ3v) is 3.18. The number of hydrogen-bond donors (Lipinski definition) is 2. The molecule has 0 amide bonds. The Morgan fingerprint density at radius 3 is 2.68 bits per heavy atom. The summed E-state index contributed by atoms with van der Waals surface area (Å²) in [5.41, 5.74) is 2.28. The zero-order chi connectivity index (χ0) is 14.4. The molecule has 0 bridgehead atoms. The fraction of sp³-hybridized carbons (Fsp3) is 0.533. The fourth-order valence-corrected chi connectivity index (χ4v) is 2.13. The molecule has 0 saturated heterocycles. The van der Waals surface area contributed by atoms with Crippen molar-refractivity contribution in [3.8, 4) is 5.75 Å². The van der Waals surface area contributed by atoms with Gasteiger partial charge in [-0.15, -0.1) is 0 Å². The minimum Gasteiger partial charge on any atom is -0.496 e. The van der Waals surface area contributed by atoms with Crippen molar-refractivity contribution in [1.82, 2.24) is 5.32 Å². The van der Waals surface area contributed by atoms with Crippen molar-refractivity contribution < 1.29 is 14.6 Å². The van der Waals surface area contributed by atoms with Crippen LogP contribution in [0.15, 0.2) is 18.2 Å². The first-order valence-corrected chi connectivity index (χ1v) is 6.56. The van der Waals surface area contributed by atoms with E-state index in [0.717, 1.165) is 11.3 Å². The first-order chi connectivity index (χ1) is 8.93. The van der Waals surface area contributed by atoms with Gasteiger partial charge in [0.1, 0.15) is 5.75 Å². The summed E-state index contributed by atoms with van der Waals surface area (Å²) < 4.78 is 5.37. The maximum absolute atomic E-state index is 10.6. The molecule has 4 nitrogen and oxygen atoms in total. The third-order valence-electron chi connectivity index (χ3n) is 3.18. The van der Waals surface area contributed by atoms with Crippen LogP contribution in [0.1, 0.15) is 43.9 Å². The minimum atomic E-state index is -0.755. The number of nitrogens with one attached hydrogen (secondary N) is 1. The largest absolute Gasteiger partial charge is 0.496 e. The summed E-state index contributed by atoms with van der Waals surface area (Å²) in [6, 6.07) is 6.35. The van der Waals surface area contributed by atoms with Crippen molar-refractivity contribution in [3.63, 3.8) is 0 Å². The van der Waals surface area contributed by atoms with Crippen molar-refractivity contribution in [2.75, 3.05) is 7.11 Å². The standard InChI is InChI=1S/C15H23NO3/c1-10-5-7-14(19-4)13(9-10)12(3)16-11(2)6-8-15(17)18/h5,7,9,11-12,16H,6,8H2,1-4H3,(H,17,18). The molecule has 0 aliphatic carbocycles. The van der Waals surface area contributed by atoms with Crippen LogP contribution < -0.4 is 10.1 Å². The molecule has 2 N–H and O–H groups in total. The van der Waals surface area contributed by atoms with E-state index in [4.69, 9.17) is 9.84 Å². The Balaban J connectivity index is 2.69. The van der Waals surface area contributed by atoms with E-state index in [1.54, 1.807) is 7.11 Å². The summed E-state index contributed by atoms with van der Waals surface area (Å²) in [7, 11) is 1.66. The average Bonchev–Trinajstić information content (AvgIpc) is 2.36. The van der Waals surface area contributed by atoms with Crippen LogP contribution in [0.3, 0.4) is 0 Å². The van der Waals surface area contributed by atoms with Gasteiger partial charge in [0.15, 0.2) is 0 Å². The molecule has 0 aliphatic heterocycles. The van der Waals surface area contributed by atoms with Crippen LogP contribution in [0, 0.1) is 6.92 Å². The Hall–Kier alpha value is -1.55. The number of hydrogen-bond acceptors (Lipinski definition) is 3. The summed E-state index contributed by atoms with van der Waals surface area (Å²) >= 11 is 0. The second-order valence-corrected chi connectivity index (χ2v) is 4.97.